The Morgan fingerprint density at radius 1 is 1.24 bits per heavy atom. The summed E-state index contributed by atoms with van der Waals surface area (Å²) in [5.41, 5.74) is 3.73. The molecule has 0 saturated heterocycles. The Labute approximate surface area is 152 Å². The predicted octanol–water partition coefficient (Wildman–Crippen LogP) is 3.70. The predicted molar refractivity (Wildman–Crippen MR) is 102 cm³/mol. The van der Waals surface area contributed by atoms with E-state index in [1.165, 1.54) is 6.07 Å². The highest BCUT2D eigenvalue weighted by molar-refractivity contribution is 7.94. The van der Waals surface area contributed by atoms with E-state index in [0.29, 0.717) is 0 Å². The van der Waals surface area contributed by atoms with Gasteiger partial charge in [0.15, 0.2) is 0 Å². The summed E-state index contributed by atoms with van der Waals surface area (Å²) in [6.45, 7) is 5.91. The number of amides is 1. The van der Waals surface area contributed by atoms with E-state index in [4.69, 9.17) is 0 Å². The maximum Gasteiger partial charge on any atom is 0.273 e. The van der Waals surface area contributed by atoms with Crippen molar-refractivity contribution in [2.45, 2.75) is 31.4 Å². The molecule has 0 spiro atoms. The number of nitrogens with zero attached hydrogens (tertiary/aromatic N) is 1. The molecule has 6 nitrogen and oxygen atoms in total. The normalized spacial score (nSPS) is 13.3. The molecule has 0 aliphatic heterocycles. The van der Waals surface area contributed by atoms with Crippen molar-refractivity contribution in [3.63, 3.8) is 0 Å². The number of para-hydroxylation sites is 1. The van der Waals surface area contributed by atoms with Crippen molar-refractivity contribution in [3.05, 3.63) is 47.3 Å². The molecule has 2 aromatic rings. The number of rotatable bonds is 7. The third-order valence-corrected chi connectivity index (χ3v) is 6.60. The summed E-state index contributed by atoms with van der Waals surface area (Å²) >= 11 is 1.11. The summed E-state index contributed by atoms with van der Waals surface area (Å²) in [7, 11) is -3.72. The second-order valence-electron chi connectivity index (χ2n) is 5.59. The van der Waals surface area contributed by atoms with Crippen LogP contribution >= 0.6 is 11.3 Å². The Morgan fingerprint density at radius 2 is 1.96 bits per heavy atom. The molecule has 2 N–H and O–H groups in total. The fourth-order valence-corrected chi connectivity index (χ4v) is 4.06. The molecule has 1 atom stereocenters. The minimum absolute atomic E-state index is 0.188. The number of benzene rings is 1. The lowest BCUT2D eigenvalue weighted by Crippen LogP contribution is -2.23. The number of carbonyl (C=O) groups is 1. The summed E-state index contributed by atoms with van der Waals surface area (Å²) in [4.78, 5) is 12.4. The van der Waals surface area contributed by atoms with Gasteiger partial charge >= 0.3 is 0 Å². The van der Waals surface area contributed by atoms with Gasteiger partial charge in [0.05, 0.1) is 11.3 Å². The molecule has 0 unspecified atom stereocenters. The molecule has 0 bridgehead atoms. The Bertz CT molecular complexity index is 859. The summed E-state index contributed by atoms with van der Waals surface area (Å²) in [5.74, 6) is -0.208. The second-order valence-corrected chi connectivity index (χ2v) is 8.44. The molecule has 0 saturated carbocycles. The first-order valence-electron chi connectivity index (χ1n) is 7.85. The van der Waals surface area contributed by atoms with Gasteiger partial charge in [-0.1, -0.05) is 32.0 Å². The summed E-state index contributed by atoms with van der Waals surface area (Å²) in [6, 6.07) is 9.60. The number of hydrogen-bond donors (Lipinski definition) is 2. The maximum atomic E-state index is 12.4. The molecule has 1 heterocycles. The van der Waals surface area contributed by atoms with Gasteiger partial charge in [0.1, 0.15) is 4.21 Å². The molecule has 1 aromatic heterocycles. The fraction of sp³-hybridized carbons (Fsp3) is 0.294. The van der Waals surface area contributed by atoms with Crippen LogP contribution in [0.25, 0.3) is 0 Å². The van der Waals surface area contributed by atoms with Crippen LogP contribution in [0.5, 0.6) is 0 Å². The van der Waals surface area contributed by atoms with E-state index in [1.54, 1.807) is 35.7 Å². The van der Waals surface area contributed by atoms with E-state index < -0.39 is 15.9 Å². The molecule has 1 aromatic carbocycles. The highest BCUT2D eigenvalue weighted by Gasteiger charge is 2.19. The van der Waals surface area contributed by atoms with E-state index >= 15 is 0 Å². The lowest BCUT2D eigenvalue weighted by molar-refractivity contribution is 0.0955. The van der Waals surface area contributed by atoms with Gasteiger partial charge in [-0.2, -0.15) is 5.10 Å². The summed E-state index contributed by atoms with van der Waals surface area (Å²) in [5, 5.41) is 5.78. The third-order valence-electron chi connectivity index (χ3n) is 3.84. The fourth-order valence-electron chi connectivity index (χ4n) is 1.99. The standard InChI is InChI=1S/C17H21N3O3S2/c1-4-12(2)13(3)18-19-17(21)14-8-5-6-9-15(14)20-25(22,23)16-10-7-11-24-16/h5-12,20H,4H2,1-3H3,(H,19,21)/b18-13-/t12-/m0/s1. The molecule has 1 amide bonds. The van der Waals surface area contributed by atoms with Crippen LogP contribution < -0.4 is 10.1 Å². The van der Waals surface area contributed by atoms with Crippen LogP contribution in [0.2, 0.25) is 0 Å². The van der Waals surface area contributed by atoms with E-state index in [0.717, 1.165) is 23.5 Å². The average molecular weight is 380 g/mol. The van der Waals surface area contributed by atoms with Crippen molar-refractivity contribution < 1.29 is 13.2 Å². The monoisotopic (exact) mass is 379 g/mol. The van der Waals surface area contributed by atoms with Crippen LogP contribution in [0.3, 0.4) is 0 Å². The van der Waals surface area contributed by atoms with Gasteiger partial charge in [0.2, 0.25) is 0 Å². The summed E-state index contributed by atoms with van der Waals surface area (Å²) in [6.07, 6.45) is 0.919. The van der Waals surface area contributed by atoms with Crippen LogP contribution in [0.1, 0.15) is 37.6 Å². The molecule has 0 radical (unpaired) electrons. The highest BCUT2D eigenvalue weighted by Crippen LogP contribution is 2.22. The average Bonchev–Trinajstić information content (AvgIpc) is 3.14. The minimum Gasteiger partial charge on any atom is -0.278 e. The van der Waals surface area contributed by atoms with Crippen LogP contribution in [-0.2, 0) is 10.0 Å². The number of hydrazone groups is 1. The molecule has 2 rings (SSSR count). The first-order valence-corrected chi connectivity index (χ1v) is 10.2. The third kappa shape index (κ3) is 4.90. The number of sulfonamides is 1. The first-order chi connectivity index (χ1) is 11.8. The number of anilines is 1. The zero-order valence-electron chi connectivity index (χ0n) is 14.3. The van der Waals surface area contributed by atoms with E-state index in [9.17, 15) is 13.2 Å². The number of carbonyl (C=O) groups excluding carboxylic acids is 1. The zero-order chi connectivity index (χ0) is 18.4. The van der Waals surface area contributed by atoms with E-state index in [1.807, 2.05) is 20.8 Å². The number of nitrogens with one attached hydrogen (secondary N) is 2. The Kier molecular flexibility index (Phi) is 6.33. The minimum atomic E-state index is -3.72. The molecule has 134 valence electrons. The van der Waals surface area contributed by atoms with Crippen LogP contribution in [-0.4, -0.2) is 20.0 Å². The van der Waals surface area contributed by atoms with Crippen LogP contribution in [0.4, 0.5) is 5.69 Å². The molecule has 0 aliphatic rings. The van der Waals surface area contributed by atoms with Gasteiger partial charge in [0.25, 0.3) is 15.9 Å². The van der Waals surface area contributed by atoms with Crippen molar-refractivity contribution >= 4 is 38.7 Å². The van der Waals surface area contributed by atoms with Crippen molar-refractivity contribution in [1.82, 2.24) is 5.43 Å². The van der Waals surface area contributed by atoms with Crippen molar-refractivity contribution in [1.29, 1.82) is 0 Å². The highest BCUT2D eigenvalue weighted by atomic mass is 32.2. The quantitative estimate of drug-likeness (QED) is 0.568. The maximum absolute atomic E-state index is 12.4. The van der Waals surface area contributed by atoms with Gasteiger partial charge in [0, 0.05) is 5.71 Å². The van der Waals surface area contributed by atoms with E-state index in [-0.39, 0.29) is 21.4 Å². The number of hydrogen-bond acceptors (Lipinski definition) is 5. The first kappa shape index (κ1) is 19.1. The zero-order valence-corrected chi connectivity index (χ0v) is 15.9. The van der Waals surface area contributed by atoms with Gasteiger partial charge < -0.3 is 0 Å². The molecule has 0 fully saturated rings. The lowest BCUT2D eigenvalue weighted by atomic mass is 10.1. The topological polar surface area (TPSA) is 87.6 Å². The smallest absolute Gasteiger partial charge is 0.273 e. The Hall–Kier alpha value is -2.19. The van der Waals surface area contributed by atoms with Crippen molar-refractivity contribution in [2.24, 2.45) is 11.0 Å². The lowest BCUT2D eigenvalue weighted by Gasteiger charge is -2.12. The largest absolute Gasteiger partial charge is 0.278 e. The van der Waals surface area contributed by atoms with Crippen LogP contribution in [0, 0.1) is 5.92 Å². The van der Waals surface area contributed by atoms with Gasteiger partial charge in [-0.25, -0.2) is 13.8 Å². The van der Waals surface area contributed by atoms with Crippen molar-refractivity contribution in [3.8, 4) is 0 Å². The SMILES string of the molecule is CC[C@H](C)/C(C)=N\NC(=O)c1ccccc1NS(=O)(=O)c1cccs1. The van der Waals surface area contributed by atoms with Gasteiger partial charge in [-0.3, -0.25) is 9.52 Å². The molecular weight excluding hydrogens is 358 g/mol. The number of thiophene rings is 1. The molecule has 0 aliphatic carbocycles. The molecule has 25 heavy (non-hydrogen) atoms. The molecule has 8 heteroatoms. The van der Waals surface area contributed by atoms with Crippen molar-refractivity contribution in [2.75, 3.05) is 4.72 Å². The molecular formula is C17H21N3O3S2. The Balaban J connectivity index is 2.22. The van der Waals surface area contributed by atoms with Crippen LogP contribution in [0.15, 0.2) is 51.1 Å². The Morgan fingerprint density at radius 3 is 2.60 bits per heavy atom. The van der Waals surface area contributed by atoms with Gasteiger partial charge in [-0.15, -0.1) is 11.3 Å². The van der Waals surface area contributed by atoms with Gasteiger partial charge in [-0.05, 0) is 42.8 Å². The second kappa shape index (κ2) is 8.26. The van der Waals surface area contributed by atoms with E-state index in [2.05, 4.69) is 15.2 Å². The summed E-state index contributed by atoms with van der Waals surface area (Å²) < 4.78 is 27.4.